The molecular weight excluding hydrogens is 387 g/mol. The fourth-order valence-corrected chi connectivity index (χ4v) is 4.73. The molecule has 1 aromatic heterocycles. The molecule has 5 heteroatoms. The van der Waals surface area contributed by atoms with Gasteiger partial charge < -0.3 is 10.6 Å². The Hall–Kier alpha value is -3.05. The van der Waals surface area contributed by atoms with Crippen molar-refractivity contribution < 1.29 is 4.39 Å². The van der Waals surface area contributed by atoms with Crippen LogP contribution in [0, 0.1) is 11.2 Å². The average Bonchev–Trinajstić information content (AvgIpc) is 2.80. The Balaban J connectivity index is 1.79. The standard InChI is InChI=1S/C26H29FN4/c1-3-13-31-14-11-21-15-25(30-23-9-7-22(27)8-10-23)20(17-28)16-26(21,18-31)19(2)24-6-4-5-12-29-24/h4-10,12,15,17H,2-3,11,13-14,16,18,28H2,1H3. The molecule has 1 aliphatic heterocycles. The third-order valence-corrected chi connectivity index (χ3v) is 6.31. The van der Waals surface area contributed by atoms with Gasteiger partial charge in [-0.15, -0.1) is 0 Å². The van der Waals surface area contributed by atoms with Gasteiger partial charge in [0.1, 0.15) is 5.82 Å². The number of piperidine rings is 1. The van der Waals surface area contributed by atoms with Gasteiger partial charge in [-0.05, 0) is 85.6 Å². The zero-order chi connectivity index (χ0) is 21.8. The van der Waals surface area contributed by atoms with Gasteiger partial charge in [-0.3, -0.25) is 4.98 Å². The number of benzene rings is 1. The van der Waals surface area contributed by atoms with E-state index in [1.54, 1.807) is 18.3 Å². The van der Waals surface area contributed by atoms with Gasteiger partial charge in [-0.25, -0.2) is 9.38 Å². The fourth-order valence-electron chi connectivity index (χ4n) is 4.73. The first kappa shape index (κ1) is 21.2. The summed E-state index contributed by atoms with van der Waals surface area (Å²) in [7, 11) is 0. The lowest BCUT2D eigenvalue weighted by molar-refractivity contribution is 0.178. The lowest BCUT2D eigenvalue weighted by Crippen LogP contribution is -2.48. The molecule has 2 heterocycles. The molecule has 1 atom stereocenters. The van der Waals surface area contributed by atoms with Crippen LogP contribution in [0.2, 0.25) is 0 Å². The van der Waals surface area contributed by atoms with Crippen LogP contribution in [0.4, 0.5) is 10.1 Å². The number of fused-ring (bicyclic) bond motifs is 1. The fraction of sp³-hybridized carbons (Fsp3) is 0.308. The summed E-state index contributed by atoms with van der Waals surface area (Å²) >= 11 is 0. The van der Waals surface area contributed by atoms with E-state index in [-0.39, 0.29) is 11.2 Å². The van der Waals surface area contributed by atoms with Gasteiger partial charge in [0.15, 0.2) is 0 Å². The zero-order valence-electron chi connectivity index (χ0n) is 18.0. The molecule has 2 aliphatic rings. The van der Waals surface area contributed by atoms with Crippen molar-refractivity contribution >= 4 is 17.0 Å². The summed E-state index contributed by atoms with van der Waals surface area (Å²) in [5.41, 5.74) is 11.6. The van der Waals surface area contributed by atoms with Crippen molar-refractivity contribution in [2.24, 2.45) is 16.1 Å². The van der Waals surface area contributed by atoms with Crippen molar-refractivity contribution in [1.82, 2.24) is 9.88 Å². The smallest absolute Gasteiger partial charge is 0.123 e. The topological polar surface area (TPSA) is 54.5 Å². The number of rotatable bonds is 5. The monoisotopic (exact) mass is 416 g/mol. The summed E-state index contributed by atoms with van der Waals surface area (Å²) < 4.78 is 13.3. The Morgan fingerprint density at radius 3 is 2.77 bits per heavy atom. The van der Waals surface area contributed by atoms with Crippen molar-refractivity contribution in [3.05, 3.63) is 90.2 Å². The van der Waals surface area contributed by atoms with Crippen LogP contribution in [0.1, 0.15) is 31.9 Å². The van der Waals surface area contributed by atoms with Crippen molar-refractivity contribution in [1.29, 1.82) is 0 Å². The molecule has 0 saturated carbocycles. The van der Waals surface area contributed by atoms with Crippen molar-refractivity contribution in [2.75, 3.05) is 19.6 Å². The number of pyridine rings is 1. The van der Waals surface area contributed by atoms with Crippen LogP contribution in [0.25, 0.3) is 5.57 Å². The highest BCUT2D eigenvalue weighted by Gasteiger charge is 2.45. The summed E-state index contributed by atoms with van der Waals surface area (Å²) in [6.45, 7) is 9.71. The van der Waals surface area contributed by atoms with Gasteiger partial charge in [0.2, 0.25) is 0 Å². The minimum atomic E-state index is -0.269. The van der Waals surface area contributed by atoms with E-state index in [1.165, 1.54) is 17.7 Å². The summed E-state index contributed by atoms with van der Waals surface area (Å²) in [6.07, 6.45) is 8.43. The first-order chi connectivity index (χ1) is 15.1. The lowest BCUT2D eigenvalue weighted by atomic mass is 9.62. The molecule has 0 spiro atoms. The maximum atomic E-state index is 13.3. The molecule has 1 aliphatic carbocycles. The number of halogens is 1. The van der Waals surface area contributed by atoms with E-state index in [0.29, 0.717) is 5.69 Å². The van der Waals surface area contributed by atoms with E-state index in [9.17, 15) is 4.39 Å². The summed E-state index contributed by atoms with van der Waals surface area (Å²) in [5, 5.41) is 0. The number of likely N-dealkylation sites (tertiary alicyclic amines) is 1. The van der Waals surface area contributed by atoms with Crippen LogP contribution in [-0.2, 0) is 0 Å². The van der Waals surface area contributed by atoms with Crippen LogP contribution in [0.3, 0.4) is 0 Å². The van der Waals surface area contributed by atoms with E-state index in [4.69, 9.17) is 10.7 Å². The molecule has 4 nitrogen and oxygen atoms in total. The molecule has 1 fully saturated rings. The van der Waals surface area contributed by atoms with E-state index in [2.05, 4.69) is 29.5 Å². The number of aliphatic imine (C=N–C) groups is 1. The molecule has 160 valence electrons. The molecule has 0 amide bonds. The molecule has 2 aromatic rings. The zero-order valence-corrected chi connectivity index (χ0v) is 18.0. The van der Waals surface area contributed by atoms with E-state index >= 15 is 0 Å². The molecule has 1 saturated heterocycles. The van der Waals surface area contributed by atoms with Gasteiger partial charge in [-0.1, -0.05) is 25.1 Å². The van der Waals surface area contributed by atoms with Crippen LogP contribution in [0.5, 0.6) is 0 Å². The van der Waals surface area contributed by atoms with E-state index in [0.717, 1.165) is 61.4 Å². The Morgan fingerprint density at radius 2 is 2.10 bits per heavy atom. The Morgan fingerprint density at radius 1 is 1.29 bits per heavy atom. The predicted molar refractivity (Wildman–Crippen MR) is 126 cm³/mol. The SMILES string of the molecule is C=C(c1ccccn1)C12CC(=CN)C(=Nc3ccc(F)cc3)C=C1CCN(CCC)C2. The van der Waals surface area contributed by atoms with E-state index in [1.807, 2.05) is 24.4 Å². The maximum absolute atomic E-state index is 13.3. The second-order valence-corrected chi connectivity index (χ2v) is 8.31. The second-order valence-electron chi connectivity index (χ2n) is 8.31. The summed E-state index contributed by atoms with van der Waals surface area (Å²) in [4.78, 5) is 11.9. The number of aromatic nitrogens is 1. The van der Waals surface area contributed by atoms with Gasteiger partial charge in [0.05, 0.1) is 17.1 Å². The van der Waals surface area contributed by atoms with Crippen LogP contribution in [-0.4, -0.2) is 35.2 Å². The molecule has 4 rings (SSSR count). The highest BCUT2D eigenvalue weighted by Crippen LogP contribution is 2.51. The molecule has 1 unspecified atom stereocenters. The largest absolute Gasteiger partial charge is 0.404 e. The predicted octanol–water partition coefficient (Wildman–Crippen LogP) is 5.28. The molecular formula is C26H29FN4. The summed E-state index contributed by atoms with van der Waals surface area (Å²) in [5.74, 6) is -0.269. The first-order valence-electron chi connectivity index (χ1n) is 10.9. The second kappa shape index (κ2) is 8.98. The van der Waals surface area contributed by atoms with Crippen LogP contribution < -0.4 is 5.73 Å². The van der Waals surface area contributed by atoms with Crippen molar-refractivity contribution in [3.63, 3.8) is 0 Å². The van der Waals surface area contributed by atoms with Gasteiger partial charge in [0, 0.05) is 24.7 Å². The lowest BCUT2D eigenvalue weighted by Gasteiger charge is -2.48. The van der Waals surface area contributed by atoms with Crippen LogP contribution in [0.15, 0.2) is 83.7 Å². The van der Waals surface area contributed by atoms with Crippen molar-refractivity contribution in [3.8, 4) is 0 Å². The minimum absolute atomic E-state index is 0.255. The van der Waals surface area contributed by atoms with Gasteiger partial charge in [-0.2, -0.15) is 0 Å². The molecule has 0 radical (unpaired) electrons. The quantitative estimate of drug-likeness (QED) is 0.721. The third-order valence-electron chi connectivity index (χ3n) is 6.31. The van der Waals surface area contributed by atoms with Crippen molar-refractivity contribution in [2.45, 2.75) is 26.2 Å². The summed E-state index contributed by atoms with van der Waals surface area (Å²) in [6, 6.07) is 12.2. The minimum Gasteiger partial charge on any atom is -0.404 e. The van der Waals surface area contributed by atoms with Gasteiger partial charge in [0.25, 0.3) is 0 Å². The Labute approximate surface area is 183 Å². The molecule has 31 heavy (non-hydrogen) atoms. The normalized spacial score (nSPS) is 24.1. The van der Waals surface area contributed by atoms with E-state index < -0.39 is 0 Å². The highest BCUT2D eigenvalue weighted by atomic mass is 19.1. The molecule has 1 aromatic carbocycles. The molecule has 0 bridgehead atoms. The number of nitrogens with two attached hydrogens (primary N) is 1. The third kappa shape index (κ3) is 4.23. The Bertz CT molecular complexity index is 1040. The van der Waals surface area contributed by atoms with Gasteiger partial charge >= 0.3 is 0 Å². The number of nitrogens with zero attached hydrogens (tertiary/aromatic N) is 3. The Kier molecular flexibility index (Phi) is 6.14. The molecule has 2 N–H and O–H groups in total. The number of hydrogen-bond acceptors (Lipinski definition) is 4. The average molecular weight is 417 g/mol. The van der Waals surface area contributed by atoms with Crippen LogP contribution >= 0.6 is 0 Å². The highest BCUT2D eigenvalue weighted by molar-refractivity contribution is 6.11. The number of hydrogen-bond donors (Lipinski definition) is 1. The first-order valence-corrected chi connectivity index (χ1v) is 10.9. The maximum Gasteiger partial charge on any atom is 0.123 e. The number of allylic oxidation sites excluding steroid dienone is 2.